The van der Waals surface area contributed by atoms with E-state index in [4.69, 9.17) is 23.7 Å². The topological polar surface area (TPSA) is 61.4 Å². The van der Waals surface area contributed by atoms with E-state index in [-0.39, 0.29) is 12.1 Å². The summed E-state index contributed by atoms with van der Waals surface area (Å²) in [6, 6.07) is 21.3. The highest BCUT2D eigenvalue weighted by atomic mass is 16.6. The lowest BCUT2D eigenvalue weighted by atomic mass is 9.87. The molecule has 0 spiro atoms. The number of likely N-dealkylation sites (N-methyl/N-ethyl adjacent to an activating group) is 1. The Morgan fingerprint density at radius 3 is 2.36 bits per heavy atom. The normalized spacial score (nSPS) is 20.1. The predicted molar refractivity (Wildman–Crippen MR) is 160 cm³/mol. The lowest BCUT2D eigenvalue weighted by Gasteiger charge is -2.38. The molecule has 0 radical (unpaired) electrons. The third-order valence-corrected chi connectivity index (χ3v) is 9.18. The van der Waals surface area contributed by atoms with Crippen LogP contribution in [0.1, 0.15) is 45.5 Å². The van der Waals surface area contributed by atoms with Crippen LogP contribution in [-0.2, 0) is 25.7 Å². The molecule has 0 aliphatic carbocycles. The first-order valence-corrected chi connectivity index (χ1v) is 14.7. The van der Waals surface area contributed by atoms with Crippen molar-refractivity contribution >= 4 is 0 Å². The summed E-state index contributed by atoms with van der Waals surface area (Å²) in [4.78, 5) is 2.42. The number of methoxy groups -OCH3 is 2. The maximum absolute atomic E-state index is 6.86. The number of nitrogens with zero attached hydrogens (tertiary/aromatic N) is 1. The molecule has 5 aliphatic rings. The van der Waals surface area contributed by atoms with Crippen LogP contribution in [0.2, 0.25) is 0 Å². The van der Waals surface area contributed by atoms with E-state index >= 15 is 0 Å². The number of ether oxygens (including phenoxy) is 5. The van der Waals surface area contributed by atoms with Crippen molar-refractivity contribution in [3.63, 3.8) is 0 Å². The van der Waals surface area contributed by atoms with Gasteiger partial charge in [-0.2, -0.15) is 0 Å². The van der Waals surface area contributed by atoms with Gasteiger partial charge in [0.2, 0.25) is 5.75 Å². The van der Waals surface area contributed by atoms with Gasteiger partial charge in [-0.25, -0.2) is 0 Å². The highest BCUT2D eigenvalue weighted by Crippen LogP contribution is 2.56. The summed E-state index contributed by atoms with van der Waals surface area (Å²) < 4.78 is 31.4. The molecule has 214 valence electrons. The first-order chi connectivity index (χ1) is 20.6. The van der Waals surface area contributed by atoms with Gasteiger partial charge in [0.15, 0.2) is 34.5 Å². The van der Waals surface area contributed by atoms with Crippen LogP contribution in [0.5, 0.6) is 46.0 Å². The van der Waals surface area contributed by atoms with Crippen LogP contribution >= 0.6 is 0 Å². The quantitative estimate of drug-likeness (QED) is 0.251. The average Bonchev–Trinajstić information content (AvgIpc) is 3.01. The second-order valence-electron chi connectivity index (χ2n) is 11.7. The molecule has 7 bridgehead atoms. The molecule has 0 unspecified atom stereocenters. The molecular formula is C35H34N2O5. The van der Waals surface area contributed by atoms with Crippen LogP contribution in [0.15, 0.2) is 60.7 Å². The standard InChI is InChI=1S/C35H34N2O5/c1-37-13-11-23-18-32(39-3)34-35-33(23)27(37)15-20-4-7-24(8-5-20)40-29-16-21(6-9-28(29)38-2)14-26-25-19-31(42-35)30(41-34)17-22(25)10-12-36-26/h4-9,16-19,26-27,36H,10-15H2,1-3H3/t26-,27-/m0/s1. The number of nitrogens with one attached hydrogen (secondary N) is 1. The number of hydrogen-bond donors (Lipinski definition) is 1. The molecule has 0 amide bonds. The smallest absolute Gasteiger partial charge is 0.212 e. The fourth-order valence-corrected chi connectivity index (χ4v) is 6.95. The van der Waals surface area contributed by atoms with Crippen LogP contribution < -0.4 is 29.0 Å². The predicted octanol–water partition coefficient (Wildman–Crippen LogP) is 6.91. The first kappa shape index (κ1) is 25.5. The van der Waals surface area contributed by atoms with Crippen molar-refractivity contribution in [1.82, 2.24) is 10.2 Å². The summed E-state index contributed by atoms with van der Waals surface area (Å²) in [6.45, 7) is 1.85. The Balaban J connectivity index is 1.32. The largest absolute Gasteiger partial charge is 0.493 e. The molecule has 5 heterocycles. The Kier molecular flexibility index (Phi) is 6.05. The van der Waals surface area contributed by atoms with Gasteiger partial charge in [-0.05, 0) is 110 Å². The van der Waals surface area contributed by atoms with E-state index < -0.39 is 0 Å². The maximum Gasteiger partial charge on any atom is 0.212 e. The Morgan fingerprint density at radius 1 is 0.738 bits per heavy atom. The van der Waals surface area contributed by atoms with E-state index in [0.29, 0.717) is 23.0 Å². The third-order valence-electron chi connectivity index (χ3n) is 9.18. The van der Waals surface area contributed by atoms with Gasteiger partial charge in [0.1, 0.15) is 5.75 Å². The summed E-state index contributed by atoms with van der Waals surface area (Å²) >= 11 is 0. The minimum absolute atomic E-state index is 0.119. The molecule has 2 atom stereocenters. The third kappa shape index (κ3) is 4.18. The zero-order chi connectivity index (χ0) is 28.4. The maximum atomic E-state index is 6.86. The second kappa shape index (κ2) is 9.96. The molecule has 0 saturated carbocycles. The minimum atomic E-state index is 0.119. The van der Waals surface area contributed by atoms with Gasteiger partial charge in [0.05, 0.1) is 14.2 Å². The van der Waals surface area contributed by atoms with E-state index in [2.05, 4.69) is 59.7 Å². The fourth-order valence-electron chi connectivity index (χ4n) is 6.95. The number of hydrogen-bond acceptors (Lipinski definition) is 7. The first-order valence-electron chi connectivity index (χ1n) is 14.7. The molecule has 4 aromatic rings. The van der Waals surface area contributed by atoms with Crippen LogP contribution in [0.25, 0.3) is 0 Å². The molecule has 0 saturated heterocycles. The summed E-state index contributed by atoms with van der Waals surface area (Å²) in [5, 5.41) is 3.74. The number of benzene rings is 4. The van der Waals surface area contributed by atoms with Crippen molar-refractivity contribution in [3.8, 4) is 46.0 Å². The number of rotatable bonds is 2. The average molecular weight is 563 g/mol. The van der Waals surface area contributed by atoms with Crippen molar-refractivity contribution < 1.29 is 23.7 Å². The Bertz CT molecular complexity index is 1700. The van der Waals surface area contributed by atoms with Gasteiger partial charge >= 0.3 is 0 Å². The lowest BCUT2D eigenvalue weighted by molar-refractivity contribution is 0.220. The monoisotopic (exact) mass is 562 g/mol. The highest BCUT2D eigenvalue weighted by Gasteiger charge is 2.36. The Morgan fingerprint density at radius 2 is 1.52 bits per heavy atom. The molecule has 7 heteroatoms. The van der Waals surface area contributed by atoms with E-state index in [1.54, 1.807) is 14.2 Å². The van der Waals surface area contributed by atoms with Crippen molar-refractivity contribution in [2.24, 2.45) is 0 Å². The van der Waals surface area contributed by atoms with E-state index in [0.717, 1.165) is 61.8 Å². The zero-order valence-electron chi connectivity index (χ0n) is 24.2. The van der Waals surface area contributed by atoms with E-state index in [1.165, 1.54) is 33.4 Å². The molecule has 7 nitrogen and oxygen atoms in total. The van der Waals surface area contributed by atoms with Gasteiger partial charge < -0.3 is 29.0 Å². The second-order valence-corrected chi connectivity index (χ2v) is 11.7. The van der Waals surface area contributed by atoms with Gasteiger partial charge in [0, 0.05) is 24.2 Å². The van der Waals surface area contributed by atoms with Crippen molar-refractivity contribution in [2.75, 3.05) is 34.4 Å². The van der Waals surface area contributed by atoms with Gasteiger partial charge in [0.25, 0.3) is 0 Å². The van der Waals surface area contributed by atoms with Crippen molar-refractivity contribution in [3.05, 3.63) is 94.0 Å². The van der Waals surface area contributed by atoms with Crippen LogP contribution in [0, 0.1) is 0 Å². The molecule has 4 aromatic carbocycles. The fraction of sp³-hybridized carbons (Fsp3) is 0.314. The summed E-state index contributed by atoms with van der Waals surface area (Å²) in [5.41, 5.74) is 7.33. The Labute approximate surface area is 245 Å². The van der Waals surface area contributed by atoms with Gasteiger partial charge in [-0.15, -0.1) is 0 Å². The molecule has 1 N–H and O–H groups in total. The van der Waals surface area contributed by atoms with Crippen molar-refractivity contribution in [2.45, 2.75) is 37.8 Å². The van der Waals surface area contributed by atoms with E-state index in [9.17, 15) is 0 Å². The van der Waals surface area contributed by atoms with Crippen molar-refractivity contribution in [1.29, 1.82) is 0 Å². The molecular weight excluding hydrogens is 528 g/mol. The molecule has 0 aromatic heterocycles. The SMILES string of the molecule is COc1ccc2cc1Oc1ccc(cc1)C[C@H]1c3c(cc(OC)c4c3Oc3cc5c(cc3O4)CCN[C@H]5C2)CCN1C. The van der Waals surface area contributed by atoms with Crippen LogP contribution in [-0.4, -0.2) is 39.3 Å². The summed E-state index contributed by atoms with van der Waals surface area (Å²) in [7, 11) is 5.58. The Hall–Kier alpha value is -4.20. The summed E-state index contributed by atoms with van der Waals surface area (Å²) in [5.74, 6) is 5.86. The lowest BCUT2D eigenvalue weighted by Crippen LogP contribution is -2.34. The zero-order valence-corrected chi connectivity index (χ0v) is 24.2. The van der Waals surface area contributed by atoms with Gasteiger partial charge in [-0.1, -0.05) is 18.2 Å². The molecule has 0 fully saturated rings. The van der Waals surface area contributed by atoms with E-state index in [1.807, 2.05) is 18.2 Å². The molecule has 5 aliphatic heterocycles. The number of fused-ring (bicyclic) bond motifs is 2. The minimum Gasteiger partial charge on any atom is -0.493 e. The van der Waals surface area contributed by atoms with Crippen LogP contribution in [0.3, 0.4) is 0 Å². The highest BCUT2D eigenvalue weighted by molar-refractivity contribution is 5.67. The molecule has 42 heavy (non-hydrogen) atoms. The summed E-state index contributed by atoms with van der Waals surface area (Å²) in [6.07, 6.45) is 3.48. The molecule has 9 rings (SSSR count). The van der Waals surface area contributed by atoms with Gasteiger partial charge in [-0.3, -0.25) is 4.90 Å². The van der Waals surface area contributed by atoms with Crippen LogP contribution in [0.4, 0.5) is 0 Å².